The number of nitrogens with zero attached hydrogens (tertiary/aromatic N) is 3. The van der Waals surface area contributed by atoms with Gasteiger partial charge >= 0.3 is 5.97 Å². The number of aromatic nitrogens is 3. The number of carbonyl (C=O) groups is 1. The van der Waals surface area contributed by atoms with Crippen LogP contribution < -0.4 is 10.1 Å². The summed E-state index contributed by atoms with van der Waals surface area (Å²) >= 11 is 0. The summed E-state index contributed by atoms with van der Waals surface area (Å²) in [5.41, 5.74) is 3.95. The molecule has 1 aliphatic carbocycles. The highest BCUT2D eigenvalue weighted by Gasteiger charge is 2.48. The second-order valence-corrected chi connectivity index (χ2v) is 8.00. The fraction of sp³-hybridized carbons (Fsp3) is 0.409. The van der Waals surface area contributed by atoms with Crippen LogP contribution >= 0.6 is 0 Å². The molecule has 150 valence electrons. The smallest absolute Gasteiger partial charge is 0.305 e. The molecule has 1 saturated carbocycles. The fourth-order valence-corrected chi connectivity index (χ4v) is 4.16. The average Bonchev–Trinajstić information content (AvgIpc) is 3.35. The average molecular weight is 392 g/mol. The highest BCUT2D eigenvalue weighted by molar-refractivity contribution is 5.81. The summed E-state index contributed by atoms with van der Waals surface area (Å²) < 4.78 is 7.83. The van der Waals surface area contributed by atoms with Crippen LogP contribution in [0.3, 0.4) is 0 Å². The van der Waals surface area contributed by atoms with Crippen molar-refractivity contribution in [3.05, 3.63) is 47.9 Å². The molecule has 2 aliphatic rings. The zero-order valence-electron chi connectivity index (χ0n) is 16.2. The fourth-order valence-electron chi connectivity index (χ4n) is 4.16. The van der Waals surface area contributed by atoms with Crippen molar-refractivity contribution >= 4 is 22.6 Å². The number of fused-ring (bicyclic) bond motifs is 2. The molecule has 29 heavy (non-hydrogen) atoms. The van der Waals surface area contributed by atoms with Gasteiger partial charge in [0.25, 0.3) is 0 Å². The molecule has 7 heteroatoms. The number of pyridine rings is 1. The molecular weight excluding hydrogens is 368 g/mol. The lowest BCUT2D eigenvalue weighted by Gasteiger charge is -2.17. The molecule has 3 heterocycles. The zero-order chi connectivity index (χ0) is 19.8. The molecule has 1 aromatic carbocycles. The van der Waals surface area contributed by atoms with Crippen LogP contribution in [0.1, 0.15) is 37.1 Å². The van der Waals surface area contributed by atoms with E-state index in [1.807, 2.05) is 22.9 Å². The normalized spacial score (nSPS) is 16.8. The first kappa shape index (κ1) is 18.0. The molecule has 0 atom stereocenters. The first-order valence-electron chi connectivity index (χ1n) is 10.2. The Morgan fingerprint density at radius 1 is 1.28 bits per heavy atom. The number of anilines is 1. The van der Waals surface area contributed by atoms with E-state index in [1.54, 1.807) is 6.20 Å². The van der Waals surface area contributed by atoms with Gasteiger partial charge in [-0.05, 0) is 56.0 Å². The lowest BCUT2D eigenvalue weighted by molar-refractivity contribution is -0.138. The number of hydrogen-bond donors (Lipinski definition) is 2. The molecule has 7 nitrogen and oxygen atoms in total. The van der Waals surface area contributed by atoms with E-state index in [2.05, 4.69) is 22.5 Å². The third-order valence-corrected chi connectivity index (χ3v) is 5.86. The largest absolute Gasteiger partial charge is 0.493 e. The zero-order valence-corrected chi connectivity index (χ0v) is 16.2. The lowest BCUT2D eigenvalue weighted by Crippen LogP contribution is -2.22. The molecule has 0 radical (unpaired) electrons. The maximum Gasteiger partial charge on any atom is 0.305 e. The van der Waals surface area contributed by atoms with Gasteiger partial charge in [-0.1, -0.05) is 0 Å². The standard InChI is InChI=1S/C22H24N4O3/c27-21(28)13-22(8-9-22)26-20-6-4-17(12-15(20)14-24-26)29-11-7-16-3-5-18-19(25-16)2-1-10-23-18/h3-6,12,14,23H,1-2,7-11,13H2,(H,27,28). The van der Waals surface area contributed by atoms with Gasteiger partial charge in [0.15, 0.2) is 0 Å². The number of nitrogens with one attached hydrogen (secondary N) is 1. The summed E-state index contributed by atoms with van der Waals surface area (Å²) in [6.07, 6.45) is 6.54. The number of rotatable bonds is 7. The van der Waals surface area contributed by atoms with Crippen molar-refractivity contribution in [1.29, 1.82) is 0 Å². The highest BCUT2D eigenvalue weighted by Crippen LogP contribution is 2.47. The second kappa shape index (κ2) is 7.06. The van der Waals surface area contributed by atoms with Crippen molar-refractivity contribution in [2.24, 2.45) is 0 Å². The maximum absolute atomic E-state index is 11.2. The van der Waals surface area contributed by atoms with Crippen molar-refractivity contribution in [2.75, 3.05) is 18.5 Å². The first-order valence-corrected chi connectivity index (χ1v) is 10.2. The van der Waals surface area contributed by atoms with Gasteiger partial charge in [0.1, 0.15) is 5.75 Å². The Labute approximate surface area is 168 Å². The van der Waals surface area contributed by atoms with Crippen LogP contribution in [-0.2, 0) is 23.2 Å². The van der Waals surface area contributed by atoms with Gasteiger partial charge in [0, 0.05) is 24.0 Å². The van der Waals surface area contributed by atoms with Crippen LogP contribution in [0.15, 0.2) is 36.5 Å². The van der Waals surface area contributed by atoms with E-state index in [-0.39, 0.29) is 12.0 Å². The van der Waals surface area contributed by atoms with Gasteiger partial charge in [-0.3, -0.25) is 14.5 Å². The number of benzene rings is 1. The van der Waals surface area contributed by atoms with Crippen LogP contribution in [0, 0.1) is 0 Å². The minimum atomic E-state index is -0.780. The molecule has 1 aliphatic heterocycles. The molecule has 0 bridgehead atoms. The van der Waals surface area contributed by atoms with Gasteiger partial charge in [0.2, 0.25) is 0 Å². The van der Waals surface area contributed by atoms with Gasteiger partial charge in [0.05, 0.1) is 41.7 Å². The Bertz CT molecular complexity index is 1070. The Balaban J connectivity index is 1.25. The van der Waals surface area contributed by atoms with Crippen LogP contribution in [0.25, 0.3) is 10.9 Å². The molecular formula is C22H24N4O3. The molecule has 3 aromatic rings. The Morgan fingerprint density at radius 3 is 3.00 bits per heavy atom. The number of carboxylic acid groups (broad SMARTS) is 1. The molecule has 2 N–H and O–H groups in total. The van der Waals surface area contributed by atoms with Crippen molar-refractivity contribution in [3.63, 3.8) is 0 Å². The summed E-state index contributed by atoms with van der Waals surface area (Å²) in [6.45, 7) is 1.58. The van der Waals surface area contributed by atoms with E-state index in [0.29, 0.717) is 6.61 Å². The molecule has 0 saturated heterocycles. The third-order valence-electron chi connectivity index (χ3n) is 5.86. The number of ether oxygens (including phenoxy) is 1. The summed E-state index contributed by atoms with van der Waals surface area (Å²) in [6, 6.07) is 10.1. The number of hydrogen-bond acceptors (Lipinski definition) is 5. The SMILES string of the molecule is O=C(O)CC1(n2ncc3cc(OCCc4ccc5c(n4)CCCN5)ccc32)CC1. The van der Waals surface area contributed by atoms with Crippen LogP contribution in [-0.4, -0.2) is 39.0 Å². The van der Waals surface area contributed by atoms with E-state index in [1.165, 1.54) is 0 Å². The monoisotopic (exact) mass is 392 g/mol. The van der Waals surface area contributed by atoms with Gasteiger partial charge in [-0.2, -0.15) is 5.10 Å². The number of carboxylic acids is 1. The first-order chi connectivity index (χ1) is 14.1. The molecule has 0 spiro atoms. The summed E-state index contributed by atoms with van der Waals surface area (Å²) in [7, 11) is 0. The Hall–Kier alpha value is -3.09. The maximum atomic E-state index is 11.2. The van der Waals surface area contributed by atoms with E-state index in [9.17, 15) is 9.90 Å². The van der Waals surface area contributed by atoms with Crippen LogP contribution in [0.5, 0.6) is 5.75 Å². The third kappa shape index (κ3) is 3.52. The molecule has 5 rings (SSSR count). The number of aryl methyl sites for hydroxylation is 1. The highest BCUT2D eigenvalue weighted by atomic mass is 16.5. The molecule has 1 fully saturated rings. The summed E-state index contributed by atoms with van der Waals surface area (Å²) in [5, 5.41) is 18.0. The van der Waals surface area contributed by atoms with E-state index in [0.717, 1.165) is 72.4 Å². The topological polar surface area (TPSA) is 89.3 Å². The predicted octanol–water partition coefficient (Wildman–Crippen LogP) is 3.37. The van der Waals surface area contributed by atoms with Crippen molar-refractivity contribution in [2.45, 2.75) is 44.1 Å². The molecule has 2 aromatic heterocycles. The van der Waals surface area contributed by atoms with E-state index < -0.39 is 5.97 Å². The molecule has 0 unspecified atom stereocenters. The van der Waals surface area contributed by atoms with Crippen LogP contribution in [0.4, 0.5) is 5.69 Å². The van der Waals surface area contributed by atoms with Crippen molar-refractivity contribution in [1.82, 2.24) is 14.8 Å². The van der Waals surface area contributed by atoms with Gasteiger partial charge in [-0.25, -0.2) is 0 Å². The van der Waals surface area contributed by atoms with Crippen molar-refractivity contribution < 1.29 is 14.6 Å². The second-order valence-electron chi connectivity index (χ2n) is 8.00. The minimum Gasteiger partial charge on any atom is -0.493 e. The molecule has 0 amide bonds. The van der Waals surface area contributed by atoms with Crippen molar-refractivity contribution in [3.8, 4) is 5.75 Å². The quantitative estimate of drug-likeness (QED) is 0.641. The van der Waals surface area contributed by atoms with Gasteiger partial charge < -0.3 is 15.2 Å². The Morgan fingerprint density at radius 2 is 2.17 bits per heavy atom. The lowest BCUT2D eigenvalue weighted by atomic mass is 10.1. The van der Waals surface area contributed by atoms with Crippen LogP contribution in [0.2, 0.25) is 0 Å². The minimum absolute atomic E-state index is 0.116. The summed E-state index contributed by atoms with van der Waals surface area (Å²) in [5.74, 6) is 0.0115. The number of aliphatic carboxylic acids is 1. The Kier molecular flexibility index (Phi) is 4.38. The van der Waals surface area contributed by atoms with Gasteiger partial charge in [-0.15, -0.1) is 0 Å². The van der Waals surface area contributed by atoms with E-state index in [4.69, 9.17) is 9.72 Å². The van der Waals surface area contributed by atoms with E-state index >= 15 is 0 Å². The summed E-state index contributed by atoms with van der Waals surface area (Å²) in [4.78, 5) is 15.9. The predicted molar refractivity (Wildman–Crippen MR) is 109 cm³/mol.